The Hall–Kier alpha value is -3.59. The Labute approximate surface area is 220 Å². The zero-order valence-electron chi connectivity index (χ0n) is 21.4. The molecule has 0 radical (unpaired) electrons. The number of alkyl halides is 3. The molecule has 3 aromatic rings. The van der Waals surface area contributed by atoms with Crippen LogP contribution in [0.4, 0.5) is 23.2 Å². The molecule has 0 bridgehead atoms. The molecule has 0 saturated carbocycles. The van der Waals surface area contributed by atoms with Crippen LogP contribution in [0, 0.1) is 5.82 Å². The van der Waals surface area contributed by atoms with Gasteiger partial charge in [-0.1, -0.05) is 24.3 Å². The van der Waals surface area contributed by atoms with Crippen LogP contribution in [0.25, 0.3) is 11.1 Å². The number of nitrogens with one attached hydrogen (secondary N) is 1. The van der Waals surface area contributed by atoms with E-state index >= 15 is 4.39 Å². The molecule has 1 fully saturated rings. The van der Waals surface area contributed by atoms with E-state index in [0.29, 0.717) is 38.3 Å². The highest BCUT2D eigenvalue weighted by Gasteiger charge is 2.28. The molecule has 1 unspecified atom stereocenters. The second-order valence-corrected chi connectivity index (χ2v) is 9.24. The van der Waals surface area contributed by atoms with Crippen LogP contribution in [0.3, 0.4) is 0 Å². The van der Waals surface area contributed by atoms with E-state index in [2.05, 4.69) is 9.80 Å². The van der Waals surface area contributed by atoms with E-state index in [-0.39, 0.29) is 17.4 Å². The molecule has 1 aliphatic heterocycles. The zero-order chi connectivity index (χ0) is 27.3. The van der Waals surface area contributed by atoms with Crippen LogP contribution < -0.4 is 15.0 Å². The monoisotopic (exact) mass is 529 g/mol. The molecule has 1 aliphatic rings. The second kappa shape index (κ2) is 11.9. The largest absolute Gasteiger partial charge is 0.494 e. The van der Waals surface area contributed by atoms with Gasteiger partial charge >= 0.3 is 6.18 Å². The van der Waals surface area contributed by atoms with Gasteiger partial charge in [0.05, 0.1) is 6.61 Å². The highest BCUT2D eigenvalue weighted by atomic mass is 19.4. The van der Waals surface area contributed by atoms with E-state index in [4.69, 9.17) is 4.74 Å². The van der Waals surface area contributed by atoms with Gasteiger partial charge in [-0.25, -0.2) is 4.39 Å². The van der Waals surface area contributed by atoms with Gasteiger partial charge in [0.25, 0.3) is 5.91 Å². The minimum absolute atomic E-state index is 0.110. The molecule has 3 aromatic carbocycles. The number of benzene rings is 3. The number of carbonyl (C=O) groups excluding carboxylic acids is 1. The number of amides is 1. The van der Waals surface area contributed by atoms with Crippen molar-refractivity contribution in [1.29, 1.82) is 0 Å². The van der Waals surface area contributed by atoms with E-state index < -0.39 is 18.6 Å². The van der Waals surface area contributed by atoms with Crippen LogP contribution in [-0.2, 0) is 0 Å². The fourth-order valence-electron chi connectivity index (χ4n) is 4.65. The molecule has 4 rings (SSSR count). The number of hydrogen-bond acceptors (Lipinski definition) is 4. The Morgan fingerprint density at radius 2 is 1.66 bits per heavy atom. The van der Waals surface area contributed by atoms with Crippen molar-refractivity contribution in [3.8, 4) is 16.9 Å². The molecular formula is C29H31F4N3O2. The Bertz CT molecular complexity index is 1240. The molecule has 9 heteroatoms. The van der Waals surface area contributed by atoms with Gasteiger partial charge in [-0.3, -0.25) is 9.69 Å². The van der Waals surface area contributed by atoms with Crippen molar-refractivity contribution in [1.82, 2.24) is 10.2 Å². The number of anilines is 1. The van der Waals surface area contributed by atoms with Gasteiger partial charge in [0.2, 0.25) is 0 Å². The van der Waals surface area contributed by atoms with Gasteiger partial charge in [0.1, 0.15) is 18.1 Å². The SMILES string of the molecule is CCOc1cccc(-c2ccc(C(C)N3CCN(c4ccc(C(=O)NCC(F)(F)F)cc4)CC3)c(F)c2)c1. The smallest absolute Gasteiger partial charge is 0.405 e. The highest BCUT2D eigenvalue weighted by molar-refractivity contribution is 5.94. The molecule has 38 heavy (non-hydrogen) atoms. The number of hydrogen-bond donors (Lipinski definition) is 1. The standard InChI is InChI=1S/C29H31F4N3O2/c1-3-38-25-6-4-5-22(17-25)23-9-12-26(27(30)18-23)20(2)35-13-15-36(16-14-35)24-10-7-21(8-11-24)28(37)34-19-29(31,32)33/h4-12,17-18,20H,3,13-16,19H2,1-2H3,(H,34,37). The first-order chi connectivity index (χ1) is 18.1. The van der Waals surface area contributed by atoms with Crippen molar-refractivity contribution in [2.24, 2.45) is 0 Å². The van der Waals surface area contributed by atoms with Crippen molar-refractivity contribution < 1.29 is 27.1 Å². The highest BCUT2D eigenvalue weighted by Crippen LogP contribution is 2.30. The topological polar surface area (TPSA) is 44.8 Å². The van der Waals surface area contributed by atoms with E-state index in [0.717, 1.165) is 22.6 Å². The van der Waals surface area contributed by atoms with Crippen molar-refractivity contribution in [2.75, 3.05) is 44.2 Å². The maximum atomic E-state index is 15.2. The van der Waals surface area contributed by atoms with Gasteiger partial charge in [0, 0.05) is 49.0 Å². The normalized spacial score (nSPS) is 15.3. The third-order valence-electron chi connectivity index (χ3n) is 6.73. The van der Waals surface area contributed by atoms with Crippen LogP contribution in [0.1, 0.15) is 35.8 Å². The van der Waals surface area contributed by atoms with Crippen LogP contribution in [0.2, 0.25) is 0 Å². The molecule has 1 atom stereocenters. The maximum Gasteiger partial charge on any atom is 0.405 e. The lowest BCUT2D eigenvalue weighted by atomic mass is 9.99. The Morgan fingerprint density at radius 3 is 2.29 bits per heavy atom. The van der Waals surface area contributed by atoms with Crippen LogP contribution in [0.5, 0.6) is 5.75 Å². The van der Waals surface area contributed by atoms with Gasteiger partial charge in [0.15, 0.2) is 0 Å². The van der Waals surface area contributed by atoms with E-state index in [1.54, 1.807) is 18.2 Å². The Morgan fingerprint density at radius 1 is 0.974 bits per heavy atom. The summed E-state index contributed by atoms with van der Waals surface area (Å²) in [7, 11) is 0. The molecule has 5 nitrogen and oxygen atoms in total. The number of piperazine rings is 1. The summed E-state index contributed by atoms with van der Waals surface area (Å²) in [5.74, 6) is -0.263. The molecule has 0 spiro atoms. The quantitative estimate of drug-likeness (QED) is 0.360. The van der Waals surface area contributed by atoms with Gasteiger partial charge in [-0.2, -0.15) is 13.2 Å². The first kappa shape index (κ1) is 27.4. The van der Waals surface area contributed by atoms with Gasteiger partial charge < -0.3 is 15.0 Å². The van der Waals surface area contributed by atoms with Crippen molar-refractivity contribution in [3.63, 3.8) is 0 Å². The molecule has 0 aliphatic carbocycles. The summed E-state index contributed by atoms with van der Waals surface area (Å²) in [4.78, 5) is 16.3. The average Bonchev–Trinajstić information content (AvgIpc) is 2.91. The number of ether oxygens (including phenoxy) is 1. The Kier molecular flexibility index (Phi) is 8.56. The first-order valence-electron chi connectivity index (χ1n) is 12.6. The molecule has 1 heterocycles. The predicted octanol–water partition coefficient (Wildman–Crippen LogP) is 6.07. The Balaban J connectivity index is 1.35. The third kappa shape index (κ3) is 6.83. The lowest BCUT2D eigenvalue weighted by Crippen LogP contribution is -2.47. The third-order valence-corrected chi connectivity index (χ3v) is 6.73. The summed E-state index contributed by atoms with van der Waals surface area (Å²) in [6.07, 6.45) is -4.45. The van der Waals surface area contributed by atoms with Crippen molar-refractivity contribution in [2.45, 2.75) is 26.1 Å². The van der Waals surface area contributed by atoms with Crippen LogP contribution >= 0.6 is 0 Å². The van der Waals surface area contributed by atoms with Crippen LogP contribution in [0.15, 0.2) is 66.7 Å². The summed E-state index contributed by atoms with van der Waals surface area (Å²) >= 11 is 0. The number of carbonyl (C=O) groups is 1. The molecule has 1 N–H and O–H groups in total. The molecule has 1 saturated heterocycles. The van der Waals surface area contributed by atoms with Gasteiger partial charge in [-0.15, -0.1) is 0 Å². The molecule has 0 aromatic heterocycles. The summed E-state index contributed by atoms with van der Waals surface area (Å²) in [6, 6.07) is 19.4. The molecule has 1 amide bonds. The summed E-state index contributed by atoms with van der Waals surface area (Å²) in [5, 5.41) is 1.88. The van der Waals surface area contributed by atoms with E-state index in [9.17, 15) is 18.0 Å². The maximum absolute atomic E-state index is 15.2. The van der Waals surface area contributed by atoms with Gasteiger partial charge in [-0.05, 0) is 67.4 Å². The lowest BCUT2D eigenvalue weighted by Gasteiger charge is -2.39. The fourth-order valence-corrected chi connectivity index (χ4v) is 4.65. The first-order valence-corrected chi connectivity index (χ1v) is 12.6. The summed E-state index contributed by atoms with van der Waals surface area (Å²) in [5.41, 5.74) is 3.38. The van der Waals surface area contributed by atoms with Crippen molar-refractivity contribution in [3.05, 3.63) is 83.7 Å². The molecule has 202 valence electrons. The minimum Gasteiger partial charge on any atom is -0.494 e. The lowest BCUT2D eigenvalue weighted by molar-refractivity contribution is -0.123. The fraction of sp³-hybridized carbons (Fsp3) is 0.345. The average molecular weight is 530 g/mol. The number of nitrogens with zero attached hydrogens (tertiary/aromatic N) is 2. The number of rotatable bonds is 8. The summed E-state index contributed by atoms with van der Waals surface area (Å²) < 4.78 is 57.7. The number of halogens is 4. The molecular weight excluding hydrogens is 498 g/mol. The van der Waals surface area contributed by atoms with E-state index in [1.165, 1.54) is 12.1 Å². The second-order valence-electron chi connectivity index (χ2n) is 9.24. The van der Waals surface area contributed by atoms with E-state index in [1.807, 2.05) is 55.6 Å². The summed E-state index contributed by atoms with van der Waals surface area (Å²) in [6.45, 7) is 5.95. The van der Waals surface area contributed by atoms with Crippen LogP contribution in [-0.4, -0.2) is 56.3 Å². The minimum atomic E-state index is -4.45. The predicted molar refractivity (Wildman–Crippen MR) is 140 cm³/mol. The zero-order valence-corrected chi connectivity index (χ0v) is 21.4. The van der Waals surface area contributed by atoms with Crippen molar-refractivity contribution >= 4 is 11.6 Å².